The average molecular weight is 316 g/mol. The lowest BCUT2D eigenvalue weighted by molar-refractivity contribution is -0.149. The number of likely N-dealkylation sites (N-methyl/N-ethyl adjacent to an activating group) is 1. The lowest BCUT2D eigenvalue weighted by Gasteiger charge is -2.35. The minimum absolute atomic E-state index is 0.194. The fourth-order valence-corrected chi connectivity index (χ4v) is 3.70. The average Bonchev–Trinajstić information content (AvgIpc) is 2.95. The number of rotatable bonds is 3. The molecule has 1 aromatic rings. The van der Waals surface area contributed by atoms with E-state index in [2.05, 4.69) is 10.2 Å². The summed E-state index contributed by atoms with van der Waals surface area (Å²) >= 11 is 0. The van der Waals surface area contributed by atoms with Gasteiger partial charge >= 0.3 is 5.97 Å². The zero-order valence-corrected chi connectivity index (χ0v) is 13.9. The van der Waals surface area contributed by atoms with Crippen molar-refractivity contribution in [3.63, 3.8) is 0 Å². The maximum atomic E-state index is 12.7. The molecule has 1 N–H and O–H groups in total. The highest BCUT2D eigenvalue weighted by molar-refractivity contribution is 5.99. The summed E-state index contributed by atoms with van der Waals surface area (Å²) in [5.74, 6) is -0.524. The van der Waals surface area contributed by atoms with Gasteiger partial charge in [0.2, 0.25) is 0 Å². The Morgan fingerprint density at radius 1 is 1.22 bits per heavy atom. The number of esters is 1. The van der Waals surface area contributed by atoms with Crippen LogP contribution in [0.4, 0.5) is 5.69 Å². The van der Waals surface area contributed by atoms with Gasteiger partial charge in [0.25, 0.3) is 5.91 Å². The third-order valence-corrected chi connectivity index (χ3v) is 5.11. The van der Waals surface area contributed by atoms with Crippen molar-refractivity contribution in [2.75, 3.05) is 25.6 Å². The number of carbonyl (C=O) groups is 2. The molecule has 3 rings (SSSR count). The van der Waals surface area contributed by atoms with E-state index in [-0.39, 0.29) is 11.9 Å². The molecule has 5 nitrogen and oxygen atoms in total. The first-order chi connectivity index (χ1) is 11.1. The number of methoxy groups -OCH3 is 1. The van der Waals surface area contributed by atoms with Crippen LogP contribution in [0.5, 0.6) is 0 Å². The summed E-state index contributed by atoms with van der Waals surface area (Å²) < 4.78 is 4.96. The Kier molecular flexibility index (Phi) is 4.28. The number of hydrogen-bond acceptors (Lipinski definition) is 4. The molecular weight excluding hydrogens is 292 g/mol. The molecule has 1 heterocycles. The first-order valence-corrected chi connectivity index (χ1v) is 8.31. The third kappa shape index (κ3) is 2.92. The molecule has 0 atom stereocenters. The van der Waals surface area contributed by atoms with Crippen molar-refractivity contribution >= 4 is 17.6 Å². The fourth-order valence-electron chi connectivity index (χ4n) is 3.70. The summed E-state index contributed by atoms with van der Waals surface area (Å²) in [7, 11) is 3.42. The van der Waals surface area contributed by atoms with E-state index in [0.29, 0.717) is 18.4 Å². The molecule has 23 heavy (non-hydrogen) atoms. The van der Waals surface area contributed by atoms with Crippen molar-refractivity contribution in [3.05, 3.63) is 29.3 Å². The second kappa shape index (κ2) is 6.22. The Morgan fingerprint density at radius 3 is 2.65 bits per heavy atom. The van der Waals surface area contributed by atoms with Crippen LogP contribution in [0.1, 0.15) is 48.0 Å². The topological polar surface area (TPSA) is 58.6 Å². The van der Waals surface area contributed by atoms with E-state index in [1.807, 2.05) is 25.2 Å². The maximum Gasteiger partial charge on any atom is 0.331 e. The molecule has 1 aliphatic carbocycles. The molecule has 1 aliphatic heterocycles. The molecule has 1 fully saturated rings. The molecule has 0 unspecified atom stereocenters. The van der Waals surface area contributed by atoms with Crippen LogP contribution in [0.2, 0.25) is 0 Å². The van der Waals surface area contributed by atoms with E-state index in [1.54, 1.807) is 0 Å². The summed E-state index contributed by atoms with van der Waals surface area (Å²) in [6, 6.07) is 5.78. The largest absolute Gasteiger partial charge is 0.467 e. The minimum atomic E-state index is -0.866. The number of carbonyl (C=O) groups excluding carboxylic acids is 2. The van der Waals surface area contributed by atoms with Gasteiger partial charge in [0.1, 0.15) is 5.54 Å². The predicted molar refractivity (Wildman–Crippen MR) is 88.7 cm³/mol. The van der Waals surface area contributed by atoms with Crippen LogP contribution in [0, 0.1) is 0 Å². The van der Waals surface area contributed by atoms with Gasteiger partial charge in [-0.1, -0.05) is 25.3 Å². The molecule has 0 bridgehead atoms. The summed E-state index contributed by atoms with van der Waals surface area (Å²) in [5.41, 5.74) is 2.11. The summed E-state index contributed by atoms with van der Waals surface area (Å²) in [4.78, 5) is 27.1. The Hall–Kier alpha value is -2.04. The van der Waals surface area contributed by atoms with E-state index >= 15 is 0 Å². The van der Waals surface area contributed by atoms with Gasteiger partial charge in [0, 0.05) is 24.8 Å². The number of ether oxygens (including phenoxy) is 1. The summed E-state index contributed by atoms with van der Waals surface area (Å²) in [6.07, 6.45) is 5.27. The summed E-state index contributed by atoms with van der Waals surface area (Å²) in [6.45, 7) is 0.979. The van der Waals surface area contributed by atoms with E-state index in [4.69, 9.17) is 4.74 Å². The molecule has 0 aromatic heterocycles. The number of fused-ring (bicyclic) bond motifs is 1. The van der Waals surface area contributed by atoms with Crippen molar-refractivity contribution in [1.29, 1.82) is 0 Å². The van der Waals surface area contributed by atoms with Gasteiger partial charge in [-0.2, -0.15) is 0 Å². The smallest absolute Gasteiger partial charge is 0.331 e. The number of nitrogens with one attached hydrogen (secondary N) is 1. The second-order valence-electron chi connectivity index (χ2n) is 6.60. The van der Waals surface area contributed by atoms with E-state index in [1.165, 1.54) is 12.7 Å². The van der Waals surface area contributed by atoms with Gasteiger partial charge in [0.05, 0.1) is 7.11 Å². The molecule has 5 heteroatoms. The quantitative estimate of drug-likeness (QED) is 0.869. The van der Waals surface area contributed by atoms with Crippen molar-refractivity contribution in [1.82, 2.24) is 5.32 Å². The molecule has 1 aromatic carbocycles. The lowest BCUT2D eigenvalue weighted by Crippen LogP contribution is -2.56. The van der Waals surface area contributed by atoms with Gasteiger partial charge in [-0.25, -0.2) is 4.79 Å². The molecular formula is C18H24N2O3. The molecule has 0 radical (unpaired) electrons. The van der Waals surface area contributed by atoms with Crippen LogP contribution in [0.3, 0.4) is 0 Å². The van der Waals surface area contributed by atoms with Crippen LogP contribution in [0.15, 0.2) is 18.2 Å². The van der Waals surface area contributed by atoms with E-state index < -0.39 is 5.54 Å². The van der Waals surface area contributed by atoms with Crippen LogP contribution >= 0.6 is 0 Å². The number of nitrogens with zero attached hydrogens (tertiary/aromatic N) is 1. The van der Waals surface area contributed by atoms with Crippen molar-refractivity contribution in [2.45, 2.75) is 44.1 Å². The van der Waals surface area contributed by atoms with E-state index in [9.17, 15) is 9.59 Å². The minimum Gasteiger partial charge on any atom is -0.467 e. The van der Waals surface area contributed by atoms with Crippen LogP contribution in [0.25, 0.3) is 0 Å². The predicted octanol–water partition coefficient (Wildman–Crippen LogP) is 2.28. The second-order valence-corrected chi connectivity index (χ2v) is 6.60. The Morgan fingerprint density at radius 2 is 1.96 bits per heavy atom. The lowest BCUT2D eigenvalue weighted by atomic mass is 9.81. The van der Waals surface area contributed by atoms with Crippen molar-refractivity contribution < 1.29 is 14.3 Å². The van der Waals surface area contributed by atoms with Crippen molar-refractivity contribution in [2.24, 2.45) is 0 Å². The molecule has 1 saturated carbocycles. The standard InChI is InChI=1S/C18H24N2O3/c1-20-11-8-13-6-7-14(12-15(13)20)16(21)19-18(17(22)23-2)9-4-3-5-10-18/h6-7,12H,3-5,8-11H2,1-2H3,(H,19,21). The zero-order chi connectivity index (χ0) is 16.4. The monoisotopic (exact) mass is 316 g/mol. The number of amides is 1. The normalized spacial score (nSPS) is 19.1. The molecule has 0 spiro atoms. The Bertz CT molecular complexity index is 621. The summed E-state index contributed by atoms with van der Waals surface area (Å²) in [5, 5.41) is 2.97. The fraction of sp³-hybridized carbons (Fsp3) is 0.556. The Balaban J connectivity index is 1.82. The maximum absolute atomic E-state index is 12.7. The molecule has 0 saturated heterocycles. The van der Waals surface area contributed by atoms with Crippen LogP contribution < -0.4 is 10.2 Å². The van der Waals surface area contributed by atoms with Gasteiger partial charge in [-0.15, -0.1) is 0 Å². The highest BCUT2D eigenvalue weighted by Crippen LogP contribution is 2.31. The number of hydrogen-bond donors (Lipinski definition) is 1. The van der Waals surface area contributed by atoms with Crippen molar-refractivity contribution in [3.8, 4) is 0 Å². The number of benzene rings is 1. The molecule has 2 aliphatic rings. The molecule has 124 valence electrons. The van der Waals surface area contributed by atoms with Crippen LogP contribution in [-0.4, -0.2) is 38.1 Å². The SMILES string of the molecule is COC(=O)C1(NC(=O)c2ccc3c(c2)N(C)CC3)CCCCC1. The Labute approximate surface area is 137 Å². The van der Waals surface area contributed by atoms with Gasteiger partial charge < -0.3 is 15.0 Å². The highest BCUT2D eigenvalue weighted by atomic mass is 16.5. The van der Waals surface area contributed by atoms with E-state index in [0.717, 1.165) is 37.9 Å². The van der Waals surface area contributed by atoms with Crippen LogP contribution in [-0.2, 0) is 16.0 Å². The van der Waals surface area contributed by atoms with Gasteiger partial charge in [-0.3, -0.25) is 4.79 Å². The first kappa shape index (κ1) is 15.8. The highest BCUT2D eigenvalue weighted by Gasteiger charge is 2.42. The molecule has 1 amide bonds. The first-order valence-electron chi connectivity index (χ1n) is 8.31. The number of anilines is 1. The third-order valence-electron chi connectivity index (χ3n) is 5.11. The zero-order valence-electron chi connectivity index (χ0n) is 13.9. The van der Waals surface area contributed by atoms with Gasteiger partial charge in [-0.05, 0) is 37.0 Å². The van der Waals surface area contributed by atoms with Gasteiger partial charge in [0.15, 0.2) is 0 Å².